The lowest BCUT2D eigenvalue weighted by atomic mass is 9.78. The first-order valence-corrected chi connectivity index (χ1v) is 9.10. The Morgan fingerprint density at radius 2 is 1.47 bits per heavy atom. The monoisotopic (exact) mass is 262 g/mol. The molecule has 0 heterocycles. The van der Waals surface area contributed by atoms with Crippen molar-refractivity contribution in [2.24, 2.45) is 11.8 Å². The fourth-order valence-electron chi connectivity index (χ4n) is 4.08. The molecule has 0 bridgehead atoms. The van der Waals surface area contributed by atoms with Crippen molar-refractivity contribution in [3.05, 3.63) is 11.6 Å². The molecule has 2 aliphatic carbocycles. The van der Waals surface area contributed by atoms with Crippen LogP contribution in [0.4, 0.5) is 0 Å². The molecule has 2 rings (SSSR count). The van der Waals surface area contributed by atoms with Crippen LogP contribution in [0.2, 0.25) is 0 Å². The number of hydrogen-bond acceptors (Lipinski definition) is 0. The van der Waals surface area contributed by atoms with Gasteiger partial charge in [-0.1, -0.05) is 69.9 Å². The van der Waals surface area contributed by atoms with Crippen LogP contribution in [0.3, 0.4) is 0 Å². The summed E-state index contributed by atoms with van der Waals surface area (Å²) >= 11 is 0. The van der Waals surface area contributed by atoms with E-state index in [9.17, 15) is 0 Å². The molecule has 19 heavy (non-hydrogen) atoms. The Kier molecular flexibility index (Phi) is 7.03. The molecule has 0 nitrogen and oxygen atoms in total. The molecular formula is C19H34. The zero-order valence-corrected chi connectivity index (χ0v) is 13.1. The van der Waals surface area contributed by atoms with Gasteiger partial charge in [-0.05, 0) is 50.4 Å². The highest BCUT2D eigenvalue weighted by Gasteiger charge is 2.19. The second kappa shape index (κ2) is 8.82. The van der Waals surface area contributed by atoms with Gasteiger partial charge in [-0.2, -0.15) is 0 Å². The van der Waals surface area contributed by atoms with Crippen molar-refractivity contribution in [2.75, 3.05) is 0 Å². The first kappa shape index (κ1) is 15.1. The Hall–Kier alpha value is -0.260. The molecule has 0 aromatic carbocycles. The highest BCUT2D eigenvalue weighted by Crippen LogP contribution is 2.35. The minimum Gasteiger partial charge on any atom is -0.0819 e. The third-order valence-electron chi connectivity index (χ3n) is 5.30. The largest absolute Gasteiger partial charge is 0.0819 e. The van der Waals surface area contributed by atoms with E-state index in [4.69, 9.17) is 0 Å². The average molecular weight is 262 g/mol. The van der Waals surface area contributed by atoms with E-state index in [2.05, 4.69) is 13.0 Å². The molecule has 2 aliphatic rings. The molecule has 0 aromatic rings. The Bertz CT molecular complexity index is 251. The highest BCUT2D eigenvalue weighted by atomic mass is 14.3. The van der Waals surface area contributed by atoms with Crippen molar-refractivity contribution in [1.29, 1.82) is 0 Å². The average Bonchev–Trinajstić information content (AvgIpc) is 2.48. The predicted octanol–water partition coefficient (Wildman–Crippen LogP) is 6.65. The molecular weight excluding hydrogens is 228 g/mol. The van der Waals surface area contributed by atoms with Crippen molar-refractivity contribution < 1.29 is 0 Å². The van der Waals surface area contributed by atoms with Gasteiger partial charge >= 0.3 is 0 Å². The van der Waals surface area contributed by atoms with Crippen molar-refractivity contribution in [2.45, 2.75) is 96.8 Å². The molecule has 110 valence electrons. The molecule has 0 N–H and O–H groups in total. The summed E-state index contributed by atoms with van der Waals surface area (Å²) in [5.41, 5.74) is 1.88. The summed E-state index contributed by atoms with van der Waals surface area (Å²) in [6.07, 6.45) is 23.2. The maximum Gasteiger partial charge on any atom is -0.0203 e. The zero-order chi connectivity index (χ0) is 13.3. The van der Waals surface area contributed by atoms with Crippen molar-refractivity contribution in [3.63, 3.8) is 0 Å². The lowest BCUT2D eigenvalue weighted by Crippen LogP contribution is -2.12. The van der Waals surface area contributed by atoms with Gasteiger partial charge in [0.1, 0.15) is 0 Å². The van der Waals surface area contributed by atoms with Crippen molar-refractivity contribution >= 4 is 0 Å². The first-order chi connectivity index (χ1) is 9.40. The molecule has 2 fully saturated rings. The van der Waals surface area contributed by atoms with Crippen LogP contribution in [-0.2, 0) is 0 Å². The molecule has 0 unspecified atom stereocenters. The number of hydrogen-bond donors (Lipinski definition) is 0. The Labute approximate surface area is 121 Å². The van der Waals surface area contributed by atoms with E-state index in [0.717, 1.165) is 11.8 Å². The number of rotatable bonds is 6. The number of allylic oxidation sites excluding steroid dienone is 2. The van der Waals surface area contributed by atoms with E-state index in [-0.39, 0.29) is 0 Å². The molecule has 0 spiro atoms. The van der Waals surface area contributed by atoms with E-state index in [0.29, 0.717) is 0 Å². The second-order valence-electron chi connectivity index (χ2n) is 6.93. The summed E-state index contributed by atoms with van der Waals surface area (Å²) < 4.78 is 0. The topological polar surface area (TPSA) is 0 Å². The SMILES string of the molecule is CCCCCC(=CC1CCCCC1)C1CCCCC1. The minimum atomic E-state index is 0.937. The quantitative estimate of drug-likeness (QED) is 0.371. The first-order valence-electron chi connectivity index (χ1n) is 9.10. The normalized spacial score (nSPS) is 23.7. The second-order valence-corrected chi connectivity index (χ2v) is 6.93. The van der Waals surface area contributed by atoms with Gasteiger partial charge in [0.2, 0.25) is 0 Å². The summed E-state index contributed by atoms with van der Waals surface area (Å²) in [6, 6.07) is 0. The van der Waals surface area contributed by atoms with Crippen LogP contribution >= 0.6 is 0 Å². The third-order valence-corrected chi connectivity index (χ3v) is 5.30. The number of unbranched alkanes of at least 4 members (excludes halogenated alkanes) is 2. The van der Waals surface area contributed by atoms with E-state index >= 15 is 0 Å². The van der Waals surface area contributed by atoms with Gasteiger partial charge in [0.25, 0.3) is 0 Å². The zero-order valence-electron chi connectivity index (χ0n) is 13.1. The summed E-state index contributed by atoms with van der Waals surface area (Å²) in [5.74, 6) is 1.90. The standard InChI is InChI=1S/C19H34/c1-2-3-6-15-19(18-13-9-5-10-14-18)16-17-11-7-4-8-12-17/h16-18H,2-15H2,1H3. The third kappa shape index (κ3) is 5.32. The lowest BCUT2D eigenvalue weighted by molar-refractivity contribution is 0.377. The summed E-state index contributed by atoms with van der Waals surface area (Å²) in [4.78, 5) is 0. The van der Waals surface area contributed by atoms with E-state index in [1.54, 1.807) is 0 Å². The molecule has 0 aliphatic heterocycles. The fourth-order valence-corrected chi connectivity index (χ4v) is 4.08. The van der Waals surface area contributed by atoms with Crippen LogP contribution in [-0.4, -0.2) is 0 Å². The van der Waals surface area contributed by atoms with Crippen LogP contribution in [0.1, 0.15) is 96.8 Å². The van der Waals surface area contributed by atoms with E-state index in [1.165, 1.54) is 89.9 Å². The summed E-state index contributed by atoms with van der Waals surface area (Å²) in [6.45, 7) is 2.32. The molecule has 0 saturated heterocycles. The molecule has 2 saturated carbocycles. The minimum absolute atomic E-state index is 0.937. The van der Waals surface area contributed by atoms with Gasteiger partial charge in [-0.3, -0.25) is 0 Å². The van der Waals surface area contributed by atoms with Crippen molar-refractivity contribution in [3.8, 4) is 0 Å². The Morgan fingerprint density at radius 3 is 2.11 bits per heavy atom. The maximum absolute atomic E-state index is 2.75. The summed E-state index contributed by atoms with van der Waals surface area (Å²) in [7, 11) is 0. The van der Waals surface area contributed by atoms with E-state index in [1.807, 2.05) is 5.57 Å². The summed E-state index contributed by atoms with van der Waals surface area (Å²) in [5, 5.41) is 0. The molecule has 0 heteroatoms. The van der Waals surface area contributed by atoms with Gasteiger partial charge in [0.05, 0.1) is 0 Å². The lowest BCUT2D eigenvalue weighted by Gasteiger charge is -2.27. The molecule has 0 atom stereocenters. The van der Waals surface area contributed by atoms with Crippen LogP contribution in [0, 0.1) is 11.8 Å². The van der Waals surface area contributed by atoms with Crippen LogP contribution in [0.5, 0.6) is 0 Å². The fraction of sp³-hybridized carbons (Fsp3) is 0.895. The molecule has 0 aromatic heterocycles. The van der Waals surface area contributed by atoms with Crippen LogP contribution in [0.15, 0.2) is 11.6 Å². The molecule has 0 amide bonds. The van der Waals surface area contributed by atoms with Crippen LogP contribution < -0.4 is 0 Å². The van der Waals surface area contributed by atoms with Crippen LogP contribution in [0.25, 0.3) is 0 Å². The van der Waals surface area contributed by atoms with Gasteiger partial charge in [-0.15, -0.1) is 0 Å². The van der Waals surface area contributed by atoms with Gasteiger partial charge < -0.3 is 0 Å². The predicted molar refractivity (Wildman–Crippen MR) is 85.4 cm³/mol. The van der Waals surface area contributed by atoms with Gasteiger partial charge in [0.15, 0.2) is 0 Å². The smallest absolute Gasteiger partial charge is 0.0203 e. The molecule has 0 radical (unpaired) electrons. The van der Waals surface area contributed by atoms with E-state index < -0.39 is 0 Å². The van der Waals surface area contributed by atoms with Gasteiger partial charge in [-0.25, -0.2) is 0 Å². The van der Waals surface area contributed by atoms with Gasteiger partial charge in [0, 0.05) is 0 Å². The maximum atomic E-state index is 2.75. The Balaban J connectivity index is 1.92. The van der Waals surface area contributed by atoms with Crippen molar-refractivity contribution in [1.82, 2.24) is 0 Å². The Morgan fingerprint density at radius 1 is 0.842 bits per heavy atom. The highest BCUT2D eigenvalue weighted by molar-refractivity contribution is 5.10.